The molecule has 0 N–H and O–H groups in total. The molecule has 0 bridgehead atoms. The third-order valence-corrected chi connectivity index (χ3v) is 2.05. The van der Waals surface area contributed by atoms with Crippen molar-refractivity contribution in [2.24, 2.45) is 0 Å². The van der Waals surface area contributed by atoms with Crippen molar-refractivity contribution in [1.29, 1.82) is 0 Å². The molecule has 1 aromatic rings. The number of rotatable bonds is 2. The van der Waals surface area contributed by atoms with Crippen LogP contribution < -0.4 is 0 Å². The van der Waals surface area contributed by atoms with Crippen LogP contribution in [0.1, 0.15) is 11.1 Å². The van der Waals surface area contributed by atoms with Gasteiger partial charge in [0.25, 0.3) is 0 Å². The van der Waals surface area contributed by atoms with Crippen LogP contribution in [-0.2, 0) is 5.88 Å². The lowest BCUT2D eigenvalue weighted by Gasteiger charge is -2.02. The third-order valence-electron chi connectivity index (χ3n) is 1.79. The quantitative estimate of drug-likeness (QED) is 0.421. The first-order valence-electron chi connectivity index (χ1n) is 3.56. The number of nitro groups is 1. The summed E-state index contributed by atoms with van der Waals surface area (Å²) in [5, 5.41) is 10.3. The minimum Gasteiger partial charge on any atom is -0.258 e. The molecule has 0 aliphatic carbocycles. The number of halogens is 2. The van der Waals surface area contributed by atoms with Gasteiger partial charge < -0.3 is 0 Å². The van der Waals surface area contributed by atoms with Crippen molar-refractivity contribution in [1.82, 2.24) is 0 Å². The molecular formula is C8H7ClFNO2. The van der Waals surface area contributed by atoms with Crippen LogP contribution in [0.3, 0.4) is 0 Å². The summed E-state index contributed by atoms with van der Waals surface area (Å²) in [5.74, 6) is -0.890. The molecule has 1 aromatic carbocycles. The molecule has 0 aliphatic heterocycles. The van der Waals surface area contributed by atoms with Crippen molar-refractivity contribution in [3.63, 3.8) is 0 Å². The van der Waals surface area contributed by atoms with Gasteiger partial charge in [0, 0.05) is 11.6 Å². The largest absolute Gasteiger partial charge is 0.305 e. The van der Waals surface area contributed by atoms with Crippen molar-refractivity contribution in [2.45, 2.75) is 12.8 Å². The first kappa shape index (κ1) is 9.92. The maximum Gasteiger partial charge on any atom is 0.305 e. The van der Waals surface area contributed by atoms with E-state index < -0.39 is 16.4 Å². The van der Waals surface area contributed by atoms with Gasteiger partial charge in [0.1, 0.15) is 0 Å². The van der Waals surface area contributed by atoms with Crippen molar-refractivity contribution >= 4 is 17.3 Å². The molecule has 70 valence electrons. The smallest absolute Gasteiger partial charge is 0.258 e. The number of aryl methyl sites for hydroxylation is 1. The molecular weight excluding hydrogens is 197 g/mol. The fourth-order valence-corrected chi connectivity index (χ4v) is 1.34. The molecule has 0 aromatic heterocycles. The van der Waals surface area contributed by atoms with Crippen LogP contribution in [-0.4, -0.2) is 4.92 Å². The van der Waals surface area contributed by atoms with Gasteiger partial charge in [-0.05, 0) is 12.5 Å². The third kappa shape index (κ3) is 1.78. The number of hydrogen-bond acceptors (Lipinski definition) is 2. The number of benzene rings is 1. The Morgan fingerprint density at radius 2 is 2.23 bits per heavy atom. The Kier molecular flexibility index (Phi) is 2.83. The van der Waals surface area contributed by atoms with Gasteiger partial charge in [0.15, 0.2) is 0 Å². The lowest BCUT2D eigenvalue weighted by atomic mass is 10.1. The number of nitro benzene ring substituents is 1. The van der Waals surface area contributed by atoms with Gasteiger partial charge in [-0.3, -0.25) is 10.1 Å². The van der Waals surface area contributed by atoms with Gasteiger partial charge in [-0.25, -0.2) is 0 Å². The van der Waals surface area contributed by atoms with E-state index in [1.165, 1.54) is 6.07 Å². The lowest BCUT2D eigenvalue weighted by Crippen LogP contribution is -1.98. The molecule has 0 amide bonds. The fourth-order valence-electron chi connectivity index (χ4n) is 1.01. The molecule has 0 radical (unpaired) electrons. The summed E-state index contributed by atoms with van der Waals surface area (Å²) in [6.07, 6.45) is 0. The fraction of sp³-hybridized carbons (Fsp3) is 0.250. The zero-order valence-corrected chi connectivity index (χ0v) is 7.64. The van der Waals surface area contributed by atoms with Gasteiger partial charge in [-0.2, -0.15) is 4.39 Å². The van der Waals surface area contributed by atoms with Gasteiger partial charge >= 0.3 is 5.69 Å². The predicted molar refractivity (Wildman–Crippen MR) is 47.3 cm³/mol. The summed E-state index contributed by atoms with van der Waals surface area (Å²) < 4.78 is 13.3. The summed E-state index contributed by atoms with van der Waals surface area (Å²) in [6.45, 7) is 1.66. The Morgan fingerprint density at radius 1 is 1.62 bits per heavy atom. The molecule has 0 aliphatic rings. The number of nitrogens with zero attached hydrogens (tertiary/aromatic N) is 1. The Morgan fingerprint density at radius 3 is 2.69 bits per heavy atom. The average molecular weight is 204 g/mol. The summed E-state index contributed by atoms with van der Waals surface area (Å²) in [5.41, 5.74) is 0.287. The van der Waals surface area contributed by atoms with Gasteiger partial charge in [0.05, 0.1) is 10.8 Å². The molecule has 0 saturated heterocycles. The van der Waals surface area contributed by atoms with Crippen molar-refractivity contribution in [3.8, 4) is 0 Å². The number of alkyl halides is 1. The second-order valence-electron chi connectivity index (χ2n) is 2.58. The van der Waals surface area contributed by atoms with Crippen LogP contribution in [0.5, 0.6) is 0 Å². The van der Waals surface area contributed by atoms with E-state index in [0.29, 0.717) is 5.56 Å². The van der Waals surface area contributed by atoms with Crippen LogP contribution >= 0.6 is 11.6 Å². The van der Waals surface area contributed by atoms with E-state index in [9.17, 15) is 14.5 Å². The Hall–Kier alpha value is -1.16. The first-order valence-corrected chi connectivity index (χ1v) is 4.09. The summed E-state index contributed by atoms with van der Waals surface area (Å²) >= 11 is 5.45. The van der Waals surface area contributed by atoms with Crippen molar-refractivity contribution in [3.05, 3.63) is 39.2 Å². The Labute approximate surface area is 79.3 Å². The minimum absolute atomic E-state index is 0.0562. The SMILES string of the molecule is Cc1ccc([N+](=O)[O-])c(F)c1CCl. The molecule has 0 atom stereocenters. The average Bonchev–Trinajstić information content (AvgIpc) is 2.04. The molecule has 0 saturated carbocycles. The van der Waals surface area contributed by atoms with Crippen LogP contribution in [0.4, 0.5) is 10.1 Å². The van der Waals surface area contributed by atoms with E-state index in [4.69, 9.17) is 11.6 Å². The summed E-state index contributed by atoms with van der Waals surface area (Å²) in [7, 11) is 0. The standard InChI is InChI=1S/C8H7ClFNO2/c1-5-2-3-7(11(12)13)8(10)6(5)4-9/h2-3H,4H2,1H3. The molecule has 13 heavy (non-hydrogen) atoms. The highest BCUT2D eigenvalue weighted by Gasteiger charge is 2.18. The molecule has 0 fully saturated rings. The lowest BCUT2D eigenvalue weighted by molar-refractivity contribution is -0.387. The predicted octanol–water partition coefficient (Wildman–Crippen LogP) is 2.78. The van der Waals surface area contributed by atoms with Crippen molar-refractivity contribution in [2.75, 3.05) is 0 Å². The number of hydrogen-bond donors (Lipinski definition) is 0. The van der Waals surface area contributed by atoms with Crippen LogP contribution in [0.25, 0.3) is 0 Å². The van der Waals surface area contributed by atoms with Gasteiger partial charge in [-0.1, -0.05) is 6.07 Å². The Bertz CT molecular complexity index is 354. The van der Waals surface area contributed by atoms with Crippen LogP contribution in [0.2, 0.25) is 0 Å². The first-order chi connectivity index (χ1) is 6.07. The highest BCUT2D eigenvalue weighted by atomic mass is 35.5. The van der Waals surface area contributed by atoms with E-state index in [-0.39, 0.29) is 11.4 Å². The van der Waals surface area contributed by atoms with Crippen LogP contribution in [0, 0.1) is 22.9 Å². The van der Waals surface area contributed by atoms with Crippen molar-refractivity contribution < 1.29 is 9.31 Å². The second kappa shape index (κ2) is 3.70. The highest BCUT2D eigenvalue weighted by molar-refractivity contribution is 6.17. The Balaban J connectivity index is 3.35. The summed E-state index contributed by atoms with van der Waals surface area (Å²) in [4.78, 5) is 9.56. The van der Waals surface area contributed by atoms with Gasteiger partial charge in [-0.15, -0.1) is 11.6 Å². The molecule has 0 heterocycles. The van der Waals surface area contributed by atoms with E-state index in [1.54, 1.807) is 6.92 Å². The van der Waals surface area contributed by atoms with E-state index in [0.717, 1.165) is 6.07 Å². The van der Waals surface area contributed by atoms with E-state index in [2.05, 4.69) is 0 Å². The molecule has 1 rings (SSSR count). The monoisotopic (exact) mass is 203 g/mol. The second-order valence-corrected chi connectivity index (χ2v) is 2.85. The minimum atomic E-state index is -0.833. The summed E-state index contributed by atoms with van der Waals surface area (Å²) in [6, 6.07) is 2.62. The topological polar surface area (TPSA) is 43.1 Å². The molecule has 0 unspecified atom stereocenters. The zero-order chi connectivity index (χ0) is 10.0. The van der Waals surface area contributed by atoms with Gasteiger partial charge in [0.2, 0.25) is 5.82 Å². The van der Waals surface area contributed by atoms with E-state index >= 15 is 0 Å². The molecule has 0 spiro atoms. The highest BCUT2D eigenvalue weighted by Crippen LogP contribution is 2.24. The molecule has 3 nitrogen and oxygen atoms in total. The van der Waals surface area contributed by atoms with E-state index in [1.807, 2.05) is 0 Å². The molecule has 5 heteroatoms. The normalized spacial score (nSPS) is 10.1. The maximum atomic E-state index is 13.3. The zero-order valence-electron chi connectivity index (χ0n) is 6.88. The van der Waals surface area contributed by atoms with Crippen LogP contribution in [0.15, 0.2) is 12.1 Å². The maximum absolute atomic E-state index is 13.3.